The molecule has 1 N–H and O–H groups in total. The van der Waals surface area contributed by atoms with Gasteiger partial charge in [0.25, 0.3) is 5.91 Å². The number of nitrogens with zero attached hydrogens (tertiary/aromatic N) is 1. The minimum Gasteiger partial charge on any atom is -0.483 e. The standard InChI is InChI=1S/C20H30N2O4/c1-3-5-14-25-20(24)21-17-10-12-22(13-11-17)19(23)15-26-18-9-7-6-8-16(18)4-2/h6-9,17H,3-5,10-15H2,1-2H3,(H,21,24). The van der Waals surface area contributed by atoms with Crippen LogP contribution in [0.5, 0.6) is 5.75 Å². The Kier molecular flexibility index (Phi) is 8.25. The number of hydrogen-bond donors (Lipinski definition) is 1. The van der Waals surface area contributed by atoms with E-state index in [4.69, 9.17) is 9.47 Å². The summed E-state index contributed by atoms with van der Waals surface area (Å²) >= 11 is 0. The van der Waals surface area contributed by atoms with Gasteiger partial charge in [-0.25, -0.2) is 4.79 Å². The van der Waals surface area contributed by atoms with Gasteiger partial charge in [-0.05, 0) is 37.3 Å². The first-order chi connectivity index (χ1) is 12.6. The molecule has 144 valence electrons. The molecule has 0 atom stereocenters. The van der Waals surface area contributed by atoms with Crippen molar-refractivity contribution in [1.82, 2.24) is 10.2 Å². The molecule has 1 fully saturated rings. The van der Waals surface area contributed by atoms with Crippen LogP contribution in [0.2, 0.25) is 0 Å². The fourth-order valence-electron chi connectivity index (χ4n) is 2.96. The fourth-order valence-corrected chi connectivity index (χ4v) is 2.96. The molecule has 0 saturated carbocycles. The number of piperidine rings is 1. The van der Waals surface area contributed by atoms with Crippen molar-refractivity contribution in [2.45, 2.75) is 52.0 Å². The lowest BCUT2D eigenvalue weighted by Gasteiger charge is -2.32. The van der Waals surface area contributed by atoms with Gasteiger partial charge in [-0.3, -0.25) is 4.79 Å². The van der Waals surface area contributed by atoms with E-state index < -0.39 is 0 Å². The summed E-state index contributed by atoms with van der Waals surface area (Å²) in [5, 5.41) is 2.88. The lowest BCUT2D eigenvalue weighted by molar-refractivity contribution is -0.134. The number of carbonyl (C=O) groups is 2. The highest BCUT2D eigenvalue weighted by atomic mass is 16.5. The molecular weight excluding hydrogens is 332 g/mol. The van der Waals surface area contributed by atoms with Crippen LogP contribution in [0.3, 0.4) is 0 Å². The number of benzene rings is 1. The lowest BCUT2D eigenvalue weighted by Crippen LogP contribution is -2.47. The van der Waals surface area contributed by atoms with Gasteiger partial charge in [0.2, 0.25) is 0 Å². The number of carbonyl (C=O) groups excluding carboxylic acids is 2. The number of hydrogen-bond acceptors (Lipinski definition) is 4. The van der Waals surface area contributed by atoms with Crippen LogP contribution >= 0.6 is 0 Å². The van der Waals surface area contributed by atoms with Crippen LogP contribution < -0.4 is 10.1 Å². The molecule has 1 aromatic rings. The van der Waals surface area contributed by atoms with E-state index in [1.165, 1.54) is 0 Å². The van der Waals surface area contributed by atoms with Gasteiger partial charge in [0, 0.05) is 19.1 Å². The third-order valence-electron chi connectivity index (χ3n) is 4.61. The number of ether oxygens (including phenoxy) is 2. The topological polar surface area (TPSA) is 67.9 Å². The highest BCUT2D eigenvalue weighted by molar-refractivity contribution is 5.78. The second-order valence-electron chi connectivity index (χ2n) is 6.54. The van der Waals surface area contributed by atoms with Crippen molar-refractivity contribution in [1.29, 1.82) is 0 Å². The van der Waals surface area contributed by atoms with Crippen LogP contribution in [0.25, 0.3) is 0 Å². The van der Waals surface area contributed by atoms with Crippen LogP contribution in [-0.4, -0.2) is 49.2 Å². The highest BCUT2D eigenvalue weighted by Gasteiger charge is 2.24. The zero-order valence-corrected chi connectivity index (χ0v) is 15.8. The summed E-state index contributed by atoms with van der Waals surface area (Å²) < 4.78 is 10.8. The van der Waals surface area contributed by atoms with Gasteiger partial charge in [0.15, 0.2) is 6.61 Å². The van der Waals surface area contributed by atoms with E-state index in [1.54, 1.807) is 4.90 Å². The molecule has 0 bridgehead atoms. The SMILES string of the molecule is CCCCOC(=O)NC1CCN(C(=O)COc2ccccc2CC)CC1. The normalized spacial score (nSPS) is 14.8. The number of para-hydroxylation sites is 1. The Morgan fingerprint density at radius 3 is 2.62 bits per heavy atom. The molecule has 1 aliphatic rings. The van der Waals surface area contributed by atoms with E-state index in [0.717, 1.165) is 43.4 Å². The monoisotopic (exact) mass is 362 g/mol. The number of alkyl carbamates (subject to hydrolysis) is 1. The third kappa shape index (κ3) is 6.24. The van der Waals surface area contributed by atoms with Gasteiger partial charge < -0.3 is 19.7 Å². The van der Waals surface area contributed by atoms with Crippen molar-refractivity contribution >= 4 is 12.0 Å². The molecular formula is C20H30N2O4. The van der Waals surface area contributed by atoms with Crippen molar-refractivity contribution in [2.75, 3.05) is 26.3 Å². The maximum atomic E-state index is 12.4. The van der Waals surface area contributed by atoms with E-state index in [0.29, 0.717) is 19.7 Å². The van der Waals surface area contributed by atoms with Gasteiger partial charge >= 0.3 is 6.09 Å². The maximum absolute atomic E-state index is 12.4. The molecule has 0 aliphatic carbocycles. The summed E-state index contributed by atoms with van der Waals surface area (Å²) in [6.45, 7) is 5.87. The Balaban J connectivity index is 1.70. The molecule has 6 heteroatoms. The van der Waals surface area contributed by atoms with Gasteiger partial charge in [-0.15, -0.1) is 0 Å². The minimum absolute atomic E-state index is 0.0140. The number of unbranched alkanes of at least 4 members (excludes halogenated alkanes) is 1. The Morgan fingerprint density at radius 2 is 1.92 bits per heavy atom. The number of aryl methyl sites for hydroxylation is 1. The Morgan fingerprint density at radius 1 is 1.19 bits per heavy atom. The summed E-state index contributed by atoms with van der Waals surface area (Å²) in [5.41, 5.74) is 1.10. The molecule has 0 unspecified atom stereocenters. The molecule has 0 aromatic heterocycles. The molecule has 2 amide bonds. The zero-order valence-electron chi connectivity index (χ0n) is 15.8. The van der Waals surface area contributed by atoms with E-state index in [-0.39, 0.29) is 24.6 Å². The first-order valence-electron chi connectivity index (χ1n) is 9.55. The fraction of sp³-hybridized carbons (Fsp3) is 0.600. The summed E-state index contributed by atoms with van der Waals surface area (Å²) in [4.78, 5) is 25.9. The molecule has 2 rings (SSSR count). The molecule has 0 radical (unpaired) electrons. The second kappa shape index (κ2) is 10.7. The van der Waals surface area contributed by atoms with E-state index in [1.807, 2.05) is 24.3 Å². The van der Waals surface area contributed by atoms with Crippen LogP contribution in [0.1, 0.15) is 45.1 Å². The lowest BCUT2D eigenvalue weighted by atomic mass is 10.1. The van der Waals surface area contributed by atoms with Gasteiger partial charge in [0.05, 0.1) is 6.61 Å². The van der Waals surface area contributed by atoms with Crippen LogP contribution in [-0.2, 0) is 16.0 Å². The van der Waals surface area contributed by atoms with Crippen molar-refractivity contribution in [3.63, 3.8) is 0 Å². The average molecular weight is 362 g/mol. The van der Waals surface area contributed by atoms with Crippen molar-refractivity contribution in [3.8, 4) is 5.75 Å². The van der Waals surface area contributed by atoms with Gasteiger partial charge in [-0.1, -0.05) is 38.5 Å². The van der Waals surface area contributed by atoms with Crippen molar-refractivity contribution in [3.05, 3.63) is 29.8 Å². The quantitative estimate of drug-likeness (QED) is 0.722. The first-order valence-corrected chi connectivity index (χ1v) is 9.55. The molecule has 1 heterocycles. The molecule has 1 saturated heterocycles. The Bertz CT molecular complexity index is 583. The number of nitrogens with one attached hydrogen (secondary N) is 1. The smallest absolute Gasteiger partial charge is 0.407 e. The Labute approximate surface area is 155 Å². The maximum Gasteiger partial charge on any atom is 0.407 e. The number of rotatable bonds is 8. The third-order valence-corrected chi connectivity index (χ3v) is 4.61. The van der Waals surface area contributed by atoms with Crippen molar-refractivity contribution < 1.29 is 19.1 Å². The summed E-state index contributed by atoms with van der Waals surface area (Å²) in [5.74, 6) is 0.759. The number of likely N-dealkylation sites (tertiary alicyclic amines) is 1. The highest BCUT2D eigenvalue weighted by Crippen LogP contribution is 2.18. The minimum atomic E-state index is -0.359. The van der Waals surface area contributed by atoms with E-state index in [2.05, 4.69) is 19.2 Å². The summed E-state index contributed by atoms with van der Waals surface area (Å²) in [6, 6.07) is 7.85. The van der Waals surface area contributed by atoms with E-state index in [9.17, 15) is 9.59 Å². The van der Waals surface area contributed by atoms with Gasteiger partial charge in [-0.2, -0.15) is 0 Å². The predicted octanol–water partition coefficient (Wildman–Crippen LogP) is 3.15. The molecule has 26 heavy (non-hydrogen) atoms. The zero-order chi connectivity index (χ0) is 18.8. The van der Waals surface area contributed by atoms with E-state index >= 15 is 0 Å². The van der Waals surface area contributed by atoms with Crippen LogP contribution in [0, 0.1) is 0 Å². The van der Waals surface area contributed by atoms with Crippen LogP contribution in [0.15, 0.2) is 24.3 Å². The Hall–Kier alpha value is -2.24. The molecule has 0 spiro atoms. The van der Waals surface area contributed by atoms with Crippen LogP contribution in [0.4, 0.5) is 4.79 Å². The van der Waals surface area contributed by atoms with Gasteiger partial charge in [0.1, 0.15) is 5.75 Å². The average Bonchev–Trinajstić information content (AvgIpc) is 2.67. The predicted molar refractivity (Wildman–Crippen MR) is 100 cm³/mol. The number of amides is 2. The molecule has 1 aliphatic heterocycles. The first kappa shape index (κ1) is 20.1. The largest absolute Gasteiger partial charge is 0.483 e. The molecule has 6 nitrogen and oxygen atoms in total. The molecule has 1 aromatic carbocycles. The summed E-state index contributed by atoms with van der Waals surface area (Å²) in [7, 11) is 0. The summed E-state index contributed by atoms with van der Waals surface area (Å²) in [6.07, 6.45) is 3.86. The van der Waals surface area contributed by atoms with Crippen molar-refractivity contribution in [2.24, 2.45) is 0 Å². The second-order valence-corrected chi connectivity index (χ2v) is 6.54.